The van der Waals surface area contributed by atoms with Crippen LogP contribution in [0.25, 0.3) is 0 Å². The minimum atomic E-state index is -0.242. The molecule has 0 heterocycles. The Bertz CT molecular complexity index is 431. The summed E-state index contributed by atoms with van der Waals surface area (Å²) in [4.78, 5) is 23.0. The van der Waals surface area contributed by atoms with Crippen molar-refractivity contribution in [1.29, 1.82) is 0 Å². The number of hydrogen-bond acceptors (Lipinski definition) is 4. The number of para-hydroxylation sites is 1. The van der Waals surface area contributed by atoms with E-state index in [1.165, 1.54) is 7.11 Å². The Balaban J connectivity index is 2.37. The molecule has 19 heavy (non-hydrogen) atoms. The van der Waals surface area contributed by atoms with E-state index in [1.54, 1.807) is 31.2 Å². The van der Waals surface area contributed by atoms with E-state index in [1.807, 2.05) is 0 Å². The standard InChI is InChI=1S/C14H19NO4/c1-3-19-13(16)9-6-10-15-14(17)11-7-4-5-8-12(11)18-2/h4-5,7-8H,3,6,9-10H2,1-2H3,(H,15,17). The molecule has 1 rings (SSSR count). The first-order chi connectivity index (χ1) is 9.19. The van der Waals surface area contributed by atoms with Gasteiger partial charge in [-0.3, -0.25) is 9.59 Å². The number of hydrogen-bond donors (Lipinski definition) is 1. The Morgan fingerprint density at radius 3 is 2.68 bits per heavy atom. The second-order valence-corrected chi connectivity index (χ2v) is 3.86. The van der Waals surface area contributed by atoms with Crippen molar-refractivity contribution in [2.45, 2.75) is 19.8 Å². The molecule has 5 heteroatoms. The van der Waals surface area contributed by atoms with Gasteiger partial charge in [-0.1, -0.05) is 12.1 Å². The van der Waals surface area contributed by atoms with Gasteiger partial charge in [0.2, 0.25) is 0 Å². The van der Waals surface area contributed by atoms with Crippen LogP contribution in [0.15, 0.2) is 24.3 Å². The van der Waals surface area contributed by atoms with Gasteiger partial charge in [0.15, 0.2) is 0 Å². The van der Waals surface area contributed by atoms with Gasteiger partial charge in [0.05, 0.1) is 19.3 Å². The molecule has 0 aliphatic rings. The Hall–Kier alpha value is -2.04. The van der Waals surface area contributed by atoms with Crippen LogP contribution >= 0.6 is 0 Å². The topological polar surface area (TPSA) is 64.6 Å². The predicted octanol–water partition coefficient (Wildman–Crippen LogP) is 1.77. The van der Waals surface area contributed by atoms with Gasteiger partial charge in [0, 0.05) is 13.0 Å². The number of methoxy groups -OCH3 is 1. The summed E-state index contributed by atoms with van der Waals surface area (Å²) in [6.45, 7) is 2.57. The molecule has 0 fully saturated rings. The molecule has 5 nitrogen and oxygen atoms in total. The lowest BCUT2D eigenvalue weighted by atomic mass is 10.2. The van der Waals surface area contributed by atoms with Crippen LogP contribution in [0.4, 0.5) is 0 Å². The normalized spacial score (nSPS) is 9.79. The number of nitrogens with one attached hydrogen (secondary N) is 1. The van der Waals surface area contributed by atoms with Crippen LogP contribution in [0.3, 0.4) is 0 Å². The zero-order valence-electron chi connectivity index (χ0n) is 11.3. The summed E-state index contributed by atoms with van der Waals surface area (Å²) >= 11 is 0. The van der Waals surface area contributed by atoms with Crippen molar-refractivity contribution in [3.05, 3.63) is 29.8 Å². The van der Waals surface area contributed by atoms with Crippen molar-refractivity contribution in [2.75, 3.05) is 20.3 Å². The quantitative estimate of drug-likeness (QED) is 0.603. The fraction of sp³-hybridized carbons (Fsp3) is 0.429. The predicted molar refractivity (Wildman–Crippen MR) is 71.2 cm³/mol. The van der Waals surface area contributed by atoms with E-state index in [0.29, 0.717) is 37.3 Å². The molecule has 0 aromatic heterocycles. The van der Waals surface area contributed by atoms with Crippen molar-refractivity contribution in [3.63, 3.8) is 0 Å². The van der Waals surface area contributed by atoms with Gasteiger partial charge >= 0.3 is 5.97 Å². The molecule has 0 spiro atoms. The third-order valence-corrected chi connectivity index (χ3v) is 2.50. The van der Waals surface area contributed by atoms with Crippen LogP contribution in [0.1, 0.15) is 30.1 Å². The SMILES string of the molecule is CCOC(=O)CCCNC(=O)c1ccccc1OC. The Kier molecular flexibility index (Phi) is 6.43. The first-order valence-corrected chi connectivity index (χ1v) is 6.25. The molecular weight excluding hydrogens is 246 g/mol. The number of benzene rings is 1. The highest BCUT2D eigenvalue weighted by molar-refractivity contribution is 5.96. The third-order valence-electron chi connectivity index (χ3n) is 2.50. The average molecular weight is 265 g/mol. The van der Waals surface area contributed by atoms with E-state index < -0.39 is 0 Å². The van der Waals surface area contributed by atoms with Gasteiger partial charge in [0.1, 0.15) is 5.75 Å². The lowest BCUT2D eigenvalue weighted by Crippen LogP contribution is -2.25. The lowest BCUT2D eigenvalue weighted by molar-refractivity contribution is -0.143. The number of amides is 1. The highest BCUT2D eigenvalue weighted by atomic mass is 16.5. The van der Waals surface area contributed by atoms with Gasteiger partial charge in [-0.05, 0) is 25.5 Å². The molecule has 0 aliphatic carbocycles. The number of esters is 1. The first kappa shape index (κ1) is 15.0. The number of carbonyl (C=O) groups excluding carboxylic acids is 2. The maximum Gasteiger partial charge on any atom is 0.305 e. The molecule has 1 aromatic carbocycles. The largest absolute Gasteiger partial charge is 0.496 e. The van der Waals surface area contributed by atoms with Crippen molar-refractivity contribution >= 4 is 11.9 Å². The lowest BCUT2D eigenvalue weighted by Gasteiger charge is -2.08. The molecule has 104 valence electrons. The Morgan fingerprint density at radius 2 is 2.00 bits per heavy atom. The van der Waals surface area contributed by atoms with Crippen LogP contribution in [0.5, 0.6) is 5.75 Å². The van der Waals surface area contributed by atoms with Crippen LogP contribution < -0.4 is 10.1 Å². The van der Waals surface area contributed by atoms with Crippen molar-refractivity contribution in [1.82, 2.24) is 5.32 Å². The molecule has 0 atom stereocenters. The molecule has 1 aromatic rings. The van der Waals surface area contributed by atoms with Crippen LogP contribution in [-0.2, 0) is 9.53 Å². The third kappa shape index (κ3) is 4.99. The summed E-state index contributed by atoms with van der Waals surface area (Å²) in [5, 5.41) is 2.74. The van der Waals surface area contributed by atoms with Crippen molar-refractivity contribution in [2.24, 2.45) is 0 Å². The second kappa shape index (κ2) is 8.13. The smallest absolute Gasteiger partial charge is 0.305 e. The molecule has 0 aliphatic heterocycles. The number of ether oxygens (including phenoxy) is 2. The summed E-state index contributed by atoms with van der Waals surface area (Å²) in [5.74, 6) is 0.0840. The van der Waals surface area contributed by atoms with Crippen LogP contribution in [-0.4, -0.2) is 32.1 Å². The van der Waals surface area contributed by atoms with Gasteiger partial charge < -0.3 is 14.8 Å². The van der Waals surface area contributed by atoms with E-state index in [2.05, 4.69) is 5.32 Å². The summed E-state index contributed by atoms with van der Waals surface area (Å²) in [5.41, 5.74) is 0.487. The van der Waals surface area contributed by atoms with E-state index in [0.717, 1.165) is 0 Å². The average Bonchev–Trinajstić information content (AvgIpc) is 2.43. The fourth-order valence-corrected chi connectivity index (χ4v) is 1.60. The minimum absolute atomic E-state index is 0.207. The first-order valence-electron chi connectivity index (χ1n) is 6.25. The van der Waals surface area contributed by atoms with Crippen LogP contribution in [0.2, 0.25) is 0 Å². The highest BCUT2D eigenvalue weighted by Gasteiger charge is 2.10. The van der Waals surface area contributed by atoms with Gasteiger partial charge in [-0.2, -0.15) is 0 Å². The summed E-state index contributed by atoms with van der Waals surface area (Å²) < 4.78 is 9.91. The van der Waals surface area contributed by atoms with E-state index >= 15 is 0 Å². The van der Waals surface area contributed by atoms with E-state index in [4.69, 9.17) is 9.47 Å². The maximum atomic E-state index is 11.9. The minimum Gasteiger partial charge on any atom is -0.496 e. The molecule has 0 bridgehead atoms. The summed E-state index contributed by atoms with van der Waals surface area (Å²) in [6.07, 6.45) is 0.861. The zero-order valence-corrected chi connectivity index (χ0v) is 11.3. The van der Waals surface area contributed by atoms with E-state index in [9.17, 15) is 9.59 Å². The fourth-order valence-electron chi connectivity index (χ4n) is 1.60. The Morgan fingerprint density at radius 1 is 1.26 bits per heavy atom. The molecule has 0 saturated carbocycles. The number of rotatable bonds is 7. The van der Waals surface area contributed by atoms with Crippen molar-refractivity contribution in [3.8, 4) is 5.75 Å². The van der Waals surface area contributed by atoms with E-state index in [-0.39, 0.29) is 11.9 Å². The van der Waals surface area contributed by atoms with Gasteiger partial charge in [-0.25, -0.2) is 0 Å². The van der Waals surface area contributed by atoms with Gasteiger partial charge in [0.25, 0.3) is 5.91 Å². The zero-order chi connectivity index (χ0) is 14.1. The molecule has 0 radical (unpaired) electrons. The number of carbonyl (C=O) groups is 2. The highest BCUT2D eigenvalue weighted by Crippen LogP contribution is 2.16. The van der Waals surface area contributed by atoms with Crippen molar-refractivity contribution < 1.29 is 19.1 Å². The van der Waals surface area contributed by atoms with Crippen LogP contribution in [0, 0.1) is 0 Å². The molecule has 0 saturated heterocycles. The van der Waals surface area contributed by atoms with Gasteiger partial charge in [-0.15, -0.1) is 0 Å². The monoisotopic (exact) mass is 265 g/mol. The molecule has 1 N–H and O–H groups in total. The molecule has 0 unspecified atom stereocenters. The summed E-state index contributed by atoms with van der Waals surface area (Å²) in [6, 6.07) is 7.00. The molecule has 1 amide bonds. The summed E-state index contributed by atoms with van der Waals surface area (Å²) in [7, 11) is 1.52. The Labute approximate surface area is 112 Å². The second-order valence-electron chi connectivity index (χ2n) is 3.86. The molecular formula is C14H19NO4. The maximum absolute atomic E-state index is 11.9.